The quantitative estimate of drug-likeness (QED) is 0.905. The second-order valence-corrected chi connectivity index (χ2v) is 6.08. The van der Waals surface area contributed by atoms with E-state index in [1.807, 2.05) is 0 Å². The van der Waals surface area contributed by atoms with Gasteiger partial charge in [0.25, 0.3) is 0 Å². The van der Waals surface area contributed by atoms with Gasteiger partial charge in [0.15, 0.2) is 11.5 Å². The molecule has 3 rings (SSSR count). The van der Waals surface area contributed by atoms with Crippen molar-refractivity contribution in [1.82, 2.24) is 19.9 Å². The van der Waals surface area contributed by atoms with E-state index >= 15 is 0 Å². The van der Waals surface area contributed by atoms with Crippen LogP contribution < -0.4 is 10.2 Å². The summed E-state index contributed by atoms with van der Waals surface area (Å²) in [6, 6.07) is 0.502. The van der Waals surface area contributed by atoms with Gasteiger partial charge >= 0.3 is 0 Å². The average Bonchev–Trinajstić information content (AvgIpc) is 2.95. The van der Waals surface area contributed by atoms with Gasteiger partial charge in [0.1, 0.15) is 5.52 Å². The summed E-state index contributed by atoms with van der Waals surface area (Å²) in [5.74, 6) is 2.35. The van der Waals surface area contributed by atoms with Crippen molar-refractivity contribution in [2.45, 2.75) is 46.1 Å². The van der Waals surface area contributed by atoms with E-state index in [-0.39, 0.29) is 0 Å². The molecule has 0 aliphatic carbocycles. The summed E-state index contributed by atoms with van der Waals surface area (Å²) < 4.78 is 0. The molecule has 0 saturated carbocycles. The van der Waals surface area contributed by atoms with Gasteiger partial charge in [-0.25, -0.2) is 4.98 Å². The third kappa shape index (κ3) is 2.80. The molecule has 114 valence electrons. The molecule has 1 saturated heterocycles. The molecule has 0 amide bonds. The zero-order valence-electron chi connectivity index (χ0n) is 13.1. The number of hydrogen-bond acceptors (Lipinski definition) is 5. The third-order valence-electron chi connectivity index (χ3n) is 4.19. The van der Waals surface area contributed by atoms with Crippen molar-refractivity contribution < 1.29 is 0 Å². The highest BCUT2D eigenvalue weighted by Crippen LogP contribution is 2.30. The van der Waals surface area contributed by atoms with Crippen LogP contribution in [0.4, 0.5) is 11.8 Å². The number of aromatic nitrogens is 4. The highest BCUT2D eigenvalue weighted by atomic mass is 15.3. The molecule has 1 aliphatic heterocycles. The van der Waals surface area contributed by atoms with Gasteiger partial charge in [-0.1, -0.05) is 13.8 Å². The van der Waals surface area contributed by atoms with E-state index < -0.39 is 0 Å². The Morgan fingerprint density at radius 3 is 3.00 bits per heavy atom. The zero-order chi connectivity index (χ0) is 14.8. The van der Waals surface area contributed by atoms with Crippen LogP contribution in [-0.4, -0.2) is 39.1 Å². The number of anilines is 2. The van der Waals surface area contributed by atoms with Crippen molar-refractivity contribution >= 4 is 22.9 Å². The smallest absolute Gasteiger partial charge is 0.226 e. The van der Waals surface area contributed by atoms with E-state index in [0.29, 0.717) is 17.9 Å². The summed E-state index contributed by atoms with van der Waals surface area (Å²) in [5, 5.41) is 3.28. The van der Waals surface area contributed by atoms with Gasteiger partial charge in [-0.3, -0.25) is 0 Å². The predicted octanol–water partition coefficient (Wildman–Crippen LogP) is 2.80. The van der Waals surface area contributed by atoms with Crippen LogP contribution in [0.5, 0.6) is 0 Å². The molecule has 2 unspecified atom stereocenters. The molecule has 0 bridgehead atoms. The maximum absolute atomic E-state index is 4.75. The standard InChI is InChI=1S/C15H24N6/c1-4-7-16-15-19-13-12(17-9-18-13)14(20-15)21-8-10(2)5-6-11(21)3/h9-11H,4-8H2,1-3H3,(H2,16,17,18,19,20). The van der Waals surface area contributed by atoms with Crippen molar-refractivity contribution in [3.8, 4) is 0 Å². The number of H-pyrrole nitrogens is 1. The lowest BCUT2D eigenvalue weighted by molar-refractivity contribution is 0.389. The van der Waals surface area contributed by atoms with Crippen molar-refractivity contribution in [2.75, 3.05) is 23.3 Å². The SMILES string of the molecule is CCCNc1nc(N2CC(C)CCC2C)c2[nH]cnc2n1. The molecule has 2 N–H and O–H groups in total. The normalized spacial score (nSPS) is 22.7. The summed E-state index contributed by atoms with van der Waals surface area (Å²) >= 11 is 0. The van der Waals surface area contributed by atoms with E-state index in [1.54, 1.807) is 6.33 Å². The number of piperidine rings is 1. The molecule has 0 spiro atoms. The van der Waals surface area contributed by atoms with Gasteiger partial charge in [0.2, 0.25) is 5.95 Å². The molecule has 6 nitrogen and oxygen atoms in total. The van der Waals surface area contributed by atoms with E-state index in [0.717, 1.165) is 36.5 Å². The van der Waals surface area contributed by atoms with Crippen LogP contribution in [0.1, 0.15) is 40.0 Å². The minimum atomic E-state index is 0.502. The first-order valence-electron chi connectivity index (χ1n) is 7.90. The molecule has 0 radical (unpaired) electrons. The summed E-state index contributed by atoms with van der Waals surface area (Å²) in [6.45, 7) is 8.63. The Kier molecular flexibility index (Phi) is 3.94. The fourth-order valence-electron chi connectivity index (χ4n) is 2.93. The highest BCUT2D eigenvalue weighted by molar-refractivity contribution is 5.84. The van der Waals surface area contributed by atoms with Crippen LogP contribution >= 0.6 is 0 Å². The van der Waals surface area contributed by atoms with Crippen molar-refractivity contribution in [3.63, 3.8) is 0 Å². The predicted molar refractivity (Wildman–Crippen MR) is 85.7 cm³/mol. The lowest BCUT2D eigenvalue weighted by Crippen LogP contribution is -2.41. The van der Waals surface area contributed by atoms with Crippen LogP contribution in [-0.2, 0) is 0 Å². The second kappa shape index (κ2) is 5.87. The number of nitrogens with one attached hydrogen (secondary N) is 2. The molecule has 1 aliphatic rings. The maximum Gasteiger partial charge on any atom is 0.226 e. The molecule has 2 atom stereocenters. The fraction of sp³-hybridized carbons (Fsp3) is 0.667. The third-order valence-corrected chi connectivity index (χ3v) is 4.19. The molecule has 6 heteroatoms. The van der Waals surface area contributed by atoms with Crippen LogP contribution in [0.25, 0.3) is 11.2 Å². The van der Waals surface area contributed by atoms with Crippen LogP contribution in [0, 0.1) is 5.92 Å². The van der Waals surface area contributed by atoms with E-state index in [9.17, 15) is 0 Å². The van der Waals surface area contributed by atoms with E-state index in [2.05, 4.69) is 45.9 Å². The van der Waals surface area contributed by atoms with E-state index in [4.69, 9.17) is 4.98 Å². The van der Waals surface area contributed by atoms with Gasteiger partial charge in [0, 0.05) is 19.1 Å². The monoisotopic (exact) mass is 288 g/mol. The van der Waals surface area contributed by atoms with Gasteiger partial charge in [-0.2, -0.15) is 9.97 Å². The Balaban J connectivity index is 2.00. The van der Waals surface area contributed by atoms with Gasteiger partial charge in [-0.05, 0) is 32.1 Å². The van der Waals surface area contributed by atoms with Crippen molar-refractivity contribution in [3.05, 3.63) is 6.33 Å². The van der Waals surface area contributed by atoms with Crippen LogP contribution in [0.3, 0.4) is 0 Å². The summed E-state index contributed by atoms with van der Waals surface area (Å²) in [6.07, 6.45) is 5.24. The first-order chi connectivity index (χ1) is 10.2. The number of rotatable bonds is 4. The minimum absolute atomic E-state index is 0.502. The second-order valence-electron chi connectivity index (χ2n) is 6.08. The summed E-state index contributed by atoms with van der Waals surface area (Å²) in [4.78, 5) is 19.1. The maximum atomic E-state index is 4.75. The lowest BCUT2D eigenvalue weighted by Gasteiger charge is -2.37. The largest absolute Gasteiger partial charge is 0.354 e. The fourth-order valence-corrected chi connectivity index (χ4v) is 2.93. The van der Waals surface area contributed by atoms with E-state index in [1.165, 1.54) is 12.8 Å². The average molecular weight is 288 g/mol. The molecule has 2 aromatic rings. The minimum Gasteiger partial charge on any atom is -0.354 e. The topological polar surface area (TPSA) is 69.7 Å². The molecule has 2 aromatic heterocycles. The Bertz CT molecular complexity index is 607. The zero-order valence-corrected chi connectivity index (χ0v) is 13.1. The molecular weight excluding hydrogens is 264 g/mol. The number of imidazole rings is 1. The van der Waals surface area contributed by atoms with Gasteiger partial charge in [0.05, 0.1) is 6.33 Å². The van der Waals surface area contributed by atoms with Crippen molar-refractivity contribution in [2.24, 2.45) is 5.92 Å². The first kappa shape index (κ1) is 14.1. The molecule has 3 heterocycles. The molecule has 1 fully saturated rings. The molecule has 21 heavy (non-hydrogen) atoms. The molecular formula is C15H24N6. The molecule has 0 aromatic carbocycles. The Labute approximate surface area is 125 Å². The number of hydrogen-bond donors (Lipinski definition) is 2. The number of aromatic amines is 1. The Morgan fingerprint density at radius 1 is 1.33 bits per heavy atom. The van der Waals surface area contributed by atoms with Crippen LogP contribution in [0.15, 0.2) is 6.33 Å². The highest BCUT2D eigenvalue weighted by Gasteiger charge is 2.26. The first-order valence-corrected chi connectivity index (χ1v) is 7.90. The summed E-state index contributed by atoms with van der Waals surface area (Å²) in [7, 11) is 0. The number of fused-ring (bicyclic) bond motifs is 1. The van der Waals surface area contributed by atoms with Crippen molar-refractivity contribution in [1.29, 1.82) is 0 Å². The Morgan fingerprint density at radius 2 is 2.19 bits per heavy atom. The number of nitrogens with zero attached hydrogens (tertiary/aromatic N) is 4. The lowest BCUT2D eigenvalue weighted by atomic mass is 9.95. The van der Waals surface area contributed by atoms with Crippen LogP contribution in [0.2, 0.25) is 0 Å². The summed E-state index contributed by atoms with van der Waals surface area (Å²) in [5.41, 5.74) is 1.68. The Hall–Kier alpha value is -1.85. The van der Waals surface area contributed by atoms with Gasteiger partial charge in [-0.15, -0.1) is 0 Å². The van der Waals surface area contributed by atoms with Gasteiger partial charge < -0.3 is 15.2 Å².